The summed E-state index contributed by atoms with van der Waals surface area (Å²) in [6.45, 7) is 5.48. The molecule has 7 nitrogen and oxygen atoms in total. The first-order valence-electron chi connectivity index (χ1n) is 11.1. The highest BCUT2D eigenvalue weighted by Crippen LogP contribution is 2.38. The minimum absolute atomic E-state index is 0.0942. The van der Waals surface area contributed by atoms with Crippen molar-refractivity contribution in [3.63, 3.8) is 0 Å². The van der Waals surface area contributed by atoms with Crippen LogP contribution in [0.1, 0.15) is 24.4 Å². The number of pyridine rings is 1. The van der Waals surface area contributed by atoms with Gasteiger partial charge in [-0.2, -0.15) is 0 Å². The maximum absolute atomic E-state index is 13.2. The van der Waals surface area contributed by atoms with Gasteiger partial charge in [0.05, 0.1) is 22.6 Å². The summed E-state index contributed by atoms with van der Waals surface area (Å²) in [6.07, 6.45) is 3.60. The lowest BCUT2D eigenvalue weighted by atomic mass is 10.0. The van der Waals surface area contributed by atoms with E-state index in [1.165, 1.54) is 0 Å². The van der Waals surface area contributed by atoms with Crippen molar-refractivity contribution < 1.29 is 14.3 Å². The number of anilines is 1. The molecule has 32 heavy (non-hydrogen) atoms. The van der Waals surface area contributed by atoms with E-state index in [9.17, 15) is 4.79 Å². The highest BCUT2D eigenvalue weighted by atomic mass is 35.5. The number of hydrogen-bond acceptors (Lipinski definition) is 6. The topological polar surface area (TPSA) is 58.1 Å². The van der Waals surface area contributed by atoms with E-state index in [4.69, 9.17) is 32.7 Å². The molecule has 3 aliphatic heterocycles. The average molecular weight is 477 g/mol. The van der Waals surface area contributed by atoms with Gasteiger partial charge in [0.25, 0.3) is 0 Å². The summed E-state index contributed by atoms with van der Waals surface area (Å²) >= 11 is 12.3. The number of benzene rings is 1. The number of carbonyl (C=O) groups is 1. The molecule has 0 aliphatic carbocycles. The van der Waals surface area contributed by atoms with E-state index in [0.29, 0.717) is 29.8 Å². The number of fused-ring (bicyclic) bond motifs is 1. The van der Waals surface area contributed by atoms with Gasteiger partial charge in [-0.3, -0.25) is 9.69 Å². The van der Waals surface area contributed by atoms with Crippen molar-refractivity contribution >= 4 is 34.9 Å². The van der Waals surface area contributed by atoms with Crippen LogP contribution in [0.25, 0.3) is 0 Å². The molecule has 4 heterocycles. The van der Waals surface area contributed by atoms with E-state index < -0.39 is 0 Å². The Bertz CT molecular complexity index is 997. The molecular weight excluding hydrogens is 451 g/mol. The summed E-state index contributed by atoms with van der Waals surface area (Å²) in [5.41, 5.74) is 1.12. The van der Waals surface area contributed by atoms with E-state index in [2.05, 4.69) is 20.9 Å². The Morgan fingerprint density at radius 1 is 1.03 bits per heavy atom. The number of halogens is 2. The lowest BCUT2D eigenvalue weighted by Gasteiger charge is -2.36. The largest absolute Gasteiger partial charge is 0.486 e. The number of likely N-dealkylation sites (tertiary alicyclic amines) is 1. The van der Waals surface area contributed by atoms with Gasteiger partial charge in [-0.1, -0.05) is 29.3 Å². The predicted molar refractivity (Wildman–Crippen MR) is 124 cm³/mol. The Morgan fingerprint density at radius 2 is 1.81 bits per heavy atom. The number of piperazine rings is 1. The minimum atomic E-state index is 0.0942. The molecule has 0 saturated carbocycles. The summed E-state index contributed by atoms with van der Waals surface area (Å²) < 4.78 is 11.4. The van der Waals surface area contributed by atoms with Crippen LogP contribution in [0, 0.1) is 0 Å². The lowest BCUT2D eigenvalue weighted by molar-refractivity contribution is -0.133. The highest BCUT2D eigenvalue weighted by Gasteiger charge is 2.32. The molecule has 1 aromatic carbocycles. The van der Waals surface area contributed by atoms with Crippen molar-refractivity contribution in [3.05, 3.63) is 46.1 Å². The molecule has 1 amide bonds. The molecule has 3 aliphatic rings. The van der Waals surface area contributed by atoms with Gasteiger partial charge in [0, 0.05) is 38.9 Å². The molecule has 0 spiro atoms. The number of carbonyl (C=O) groups excluding carboxylic acids is 1. The minimum Gasteiger partial charge on any atom is -0.486 e. The Labute approximate surface area is 197 Å². The second-order valence-corrected chi connectivity index (χ2v) is 9.21. The zero-order valence-corrected chi connectivity index (χ0v) is 19.3. The van der Waals surface area contributed by atoms with Crippen LogP contribution in [-0.2, 0) is 4.79 Å². The van der Waals surface area contributed by atoms with E-state index in [-0.39, 0.29) is 11.9 Å². The van der Waals surface area contributed by atoms with Gasteiger partial charge >= 0.3 is 0 Å². The van der Waals surface area contributed by atoms with Gasteiger partial charge < -0.3 is 19.3 Å². The third-order valence-corrected chi connectivity index (χ3v) is 6.83. The van der Waals surface area contributed by atoms with Crippen LogP contribution in [0.5, 0.6) is 11.5 Å². The van der Waals surface area contributed by atoms with Crippen molar-refractivity contribution in [2.75, 3.05) is 57.4 Å². The SMILES string of the molecule is O=C(CN1CCN(c2ncc(Cl)cc2Cl)CC1)N1CCCC1c1ccc2c(c1)OCCO2. The smallest absolute Gasteiger partial charge is 0.237 e. The number of aromatic nitrogens is 1. The lowest BCUT2D eigenvalue weighted by Crippen LogP contribution is -2.50. The molecule has 1 unspecified atom stereocenters. The van der Waals surface area contributed by atoms with Gasteiger partial charge in [-0.05, 0) is 36.6 Å². The molecule has 0 N–H and O–H groups in total. The first-order valence-corrected chi connectivity index (χ1v) is 11.8. The van der Waals surface area contributed by atoms with Crippen molar-refractivity contribution in [1.29, 1.82) is 0 Å². The van der Waals surface area contributed by atoms with Gasteiger partial charge in [-0.25, -0.2) is 4.98 Å². The maximum atomic E-state index is 13.2. The van der Waals surface area contributed by atoms with Crippen LogP contribution in [0.4, 0.5) is 5.82 Å². The molecule has 0 bridgehead atoms. The average Bonchev–Trinajstić information content (AvgIpc) is 3.30. The standard InChI is InChI=1S/C23H26Cl2N4O3/c24-17-13-18(25)23(26-14-17)28-8-6-27(7-9-28)15-22(30)29-5-1-2-19(29)16-3-4-20-21(12-16)32-11-10-31-20/h3-4,12-14,19H,1-2,5-11,15H2. The second-order valence-electron chi connectivity index (χ2n) is 8.37. The maximum Gasteiger partial charge on any atom is 0.237 e. The van der Waals surface area contributed by atoms with Gasteiger partial charge in [-0.15, -0.1) is 0 Å². The van der Waals surface area contributed by atoms with Crippen molar-refractivity contribution in [1.82, 2.24) is 14.8 Å². The normalized spacial score (nSPS) is 21.1. The van der Waals surface area contributed by atoms with Gasteiger partial charge in [0.2, 0.25) is 5.91 Å². The molecule has 1 aromatic heterocycles. The van der Waals surface area contributed by atoms with Crippen LogP contribution >= 0.6 is 23.2 Å². The number of rotatable bonds is 4. The Kier molecular flexibility index (Phi) is 6.31. The highest BCUT2D eigenvalue weighted by molar-refractivity contribution is 6.36. The van der Waals surface area contributed by atoms with Gasteiger partial charge in [0.1, 0.15) is 19.0 Å². The van der Waals surface area contributed by atoms with E-state index in [1.54, 1.807) is 12.3 Å². The number of hydrogen-bond donors (Lipinski definition) is 0. The predicted octanol–water partition coefficient (Wildman–Crippen LogP) is 3.65. The van der Waals surface area contributed by atoms with E-state index in [0.717, 1.165) is 68.4 Å². The Morgan fingerprint density at radius 3 is 2.59 bits per heavy atom. The first-order chi connectivity index (χ1) is 15.6. The zero-order valence-electron chi connectivity index (χ0n) is 17.8. The Hall–Kier alpha value is -2.22. The summed E-state index contributed by atoms with van der Waals surface area (Å²) in [4.78, 5) is 23.9. The fourth-order valence-electron chi connectivity index (χ4n) is 4.72. The molecule has 0 radical (unpaired) electrons. The second kappa shape index (κ2) is 9.33. The fourth-order valence-corrected chi connectivity index (χ4v) is 5.22. The van der Waals surface area contributed by atoms with Crippen LogP contribution in [0.3, 0.4) is 0 Å². The fraction of sp³-hybridized carbons (Fsp3) is 0.478. The summed E-state index contributed by atoms with van der Waals surface area (Å²) in [7, 11) is 0. The summed E-state index contributed by atoms with van der Waals surface area (Å²) in [5.74, 6) is 2.49. The summed E-state index contributed by atoms with van der Waals surface area (Å²) in [6, 6.07) is 7.86. The van der Waals surface area contributed by atoms with Crippen LogP contribution in [-0.4, -0.2) is 73.2 Å². The van der Waals surface area contributed by atoms with Crippen LogP contribution in [0.2, 0.25) is 10.0 Å². The first kappa shape index (κ1) is 21.6. The number of amides is 1. The number of nitrogens with zero attached hydrogens (tertiary/aromatic N) is 4. The molecule has 2 fully saturated rings. The third kappa shape index (κ3) is 4.47. The molecule has 5 rings (SSSR count). The van der Waals surface area contributed by atoms with Crippen molar-refractivity contribution in [3.8, 4) is 11.5 Å². The zero-order chi connectivity index (χ0) is 22.1. The molecule has 2 saturated heterocycles. The molecular formula is C23H26Cl2N4O3. The van der Waals surface area contributed by atoms with E-state index >= 15 is 0 Å². The summed E-state index contributed by atoms with van der Waals surface area (Å²) in [5, 5.41) is 1.09. The molecule has 9 heteroatoms. The van der Waals surface area contributed by atoms with E-state index in [1.807, 2.05) is 17.0 Å². The number of ether oxygens (including phenoxy) is 2. The van der Waals surface area contributed by atoms with Crippen molar-refractivity contribution in [2.45, 2.75) is 18.9 Å². The molecule has 2 aromatic rings. The van der Waals surface area contributed by atoms with Crippen molar-refractivity contribution in [2.24, 2.45) is 0 Å². The van der Waals surface area contributed by atoms with Gasteiger partial charge in [0.15, 0.2) is 11.5 Å². The quantitative estimate of drug-likeness (QED) is 0.671. The molecule has 170 valence electrons. The van der Waals surface area contributed by atoms with Crippen LogP contribution in [0.15, 0.2) is 30.5 Å². The monoisotopic (exact) mass is 476 g/mol. The third-order valence-electron chi connectivity index (χ3n) is 6.34. The Balaban J connectivity index is 1.20. The molecule has 1 atom stereocenters. The van der Waals surface area contributed by atoms with Crippen LogP contribution < -0.4 is 14.4 Å².